The molecule has 0 aliphatic heterocycles. The molecule has 8 heteroatoms. The van der Waals surface area contributed by atoms with Crippen molar-refractivity contribution in [1.82, 2.24) is 0 Å². The Morgan fingerprint density at radius 1 is 0.450 bits per heavy atom. The lowest BCUT2D eigenvalue weighted by Gasteiger charge is -2.12. The first-order valence-corrected chi connectivity index (χ1v) is 12.3. The number of rotatable bonds is 8. The molecular formula is C32H28O8. The molecule has 0 heterocycles. The van der Waals surface area contributed by atoms with Gasteiger partial charge in [-0.1, -0.05) is 0 Å². The maximum absolute atomic E-state index is 13.0. The Kier molecular flexibility index (Phi) is 8.49. The summed E-state index contributed by atoms with van der Waals surface area (Å²) in [6.45, 7) is 5.80. The van der Waals surface area contributed by atoms with Crippen molar-refractivity contribution in [3.05, 3.63) is 112 Å². The number of benzene rings is 4. The smallest absolute Gasteiger partial charge is 0.343 e. The van der Waals surface area contributed by atoms with E-state index in [2.05, 4.69) is 0 Å². The summed E-state index contributed by atoms with van der Waals surface area (Å²) in [7, 11) is 3.04. The van der Waals surface area contributed by atoms with E-state index in [1.54, 1.807) is 60.7 Å². The Balaban J connectivity index is 1.62. The van der Waals surface area contributed by atoms with E-state index in [0.29, 0.717) is 17.1 Å². The summed E-state index contributed by atoms with van der Waals surface area (Å²) in [6.07, 6.45) is 0. The van der Waals surface area contributed by atoms with E-state index in [-0.39, 0.29) is 28.4 Å². The maximum Gasteiger partial charge on any atom is 0.343 e. The van der Waals surface area contributed by atoms with Crippen molar-refractivity contribution in [3.63, 3.8) is 0 Å². The zero-order chi connectivity index (χ0) is 28.8. The number of carbonyl (C=O) groups excluding carboxylic acids is 3. The van der Waals surface area contributed by atoms with Gasteiger partial charge in [0.05, 0.1) is 30.9 Å². The molecule has 0 aromatic heterocycles. The third-order valence-corrected chi connectivity index (χ3v) is 6.30. The number of hydrogen-bond acceptors (Lipinski definition) is 8. The molecule has 0 radical (unpaired) electrons. The highest BCUT2D eigenvalue weighted by Gasteiger charge is 2.17. The highest BCUT2D eigenvalue weighted by atomic mass is 16.6. The van der Waals surface area contributed by atoms with Crippen molar-refractivity contribution in [1.29, 1.82) is 0 Å². The van der Waals surface area contributed by atoms with Gasteiger partial charge in [-0.05, 0) is 98.1 Å². The summed E-state index contributed by atoms with van der Waals surface area (Å²) in [5, 5.41) is 0. The molecule has 0 unspecified atom stereocenters. The van der Waals surface area contributed by atoms with Crippen molar-refractivity contribution in [3.8, 4) is 28.7 Å². The number of carbonyl (C=O) groups is 3. The molecule has 40 heavy (non-hydrogen) atoms. The van der Waals surface area contributed by atoms with E-state index in [1.165, 1.54) is 32.4 Å². The predicted octanol–water partition coefficient (Wildman–Crippen LogP) is 6.29. The average molecular weight is 541 g/mol. The Labute approximate surface area is 232 Å². The van der Waals surface area contributed by atoms with Gasteiger partial charge < -0.3 is 23.7 Å². The van der Waals surface area contributed by atoms with Gasteiger partial charge in [-0.15, -0.1) is 0 Å². The molecule has 0 aliphatic carbocycles. The van der Waals surface area contributed by atoms with Crippen molar-refractivity contribution < 1.29 is 38.1 Å². The van der Waals surface area contributed by atoms with E-state index in [9.17, 15) is 14.4 Å². The molecule has 4 aromatic carbocycles. The first-order valence-electron chi connectivity index (χ1n) is 12.3. The zero-order valence-electron chi connectivity index (χ0n) is 22.8. The molecule has 0 atom stereocenters. The van der Waals surface area contributed by atoms with Crippen molar-refractivity contribution >= 4 is 17.9 Å². The van der Waals surface area contributed by atoms with Crippen LogP contribution in [0.2, 0.25) is 0 Å². The van der Waals surface area contributed by atoms with Gasteiger partial charge in [-0.2, -0.15) is 0 Å². The second kappa shape index (κ2) is 12.2. The maximum atomic E-state index is 13.0. The van der Waals surface area contributed by atoms with Crippen molar-refractivity contribution in [2.24, 2.45) is 0 Å². The van der Waals surface area contributed by atoms with Crippen LogP contribution in [0.4, 0.5) is 0 Å². The molecular weight excluding hydrogens is 512 g/mol. The van der Waals surface area contributed by atoms with Crippen LogP contribution >= 0.6 is 0 Å². The summed E-state index contributed by atoms with van der Waals surface area (Å²) in [4.78, 5) is 38.6. The molecule has 0 spiro atoms. The first-order chi connectivity index (χ1) is 19.2. The molecule has 4 rings (SSSR count). The minimum absolute atomic E-state index is 0.0138. The molecule has 0 saturated heterocycles. The van der Waals surface area contributed by atoms with Crippen LogP contribution in [0.1, 0.15) is 47.8 Å². The van der Waals surface area contributed by atoms with Gasteiger partial charge in [-0.3, -0.25) is 0 Å². The van der Waals surface area contributed by atoms with Crippen LogP contribution in [-0.4, -0.2) is 32.1 Å². The number of hydrogen-bond donors (Lipinski definition) is 0. The Bertz CT molecular complexity index is 1450. The Morgan fingerprint density at radius 2 is 0.775 bits per heavy atom. The summed E-state index contributed by atoms with van der Waals surface area (Å²) in [5.41, 5.74) is 3.87. The normalized spacial score (nSPS) is 10.4. The standard InChI is InChI=1S/C32H28O8/c1-19-14-24(15-20(2)21(19)3)32(35)40-29-17-27(38-30(33)22-6-10-25(36-4)11-7-22)16-28(18-29)39-31(34)23-8-12-26(37-5)13-9-23/h6-18H,1-5H3. The highest BCUT2D eigenvalue weighted by Crippen LogP contribution is 2.30. The number of ether oxygens (including phenoxy) is 5. The monoisotopic (exact) mass is 540 g/mol. The molecule has 8 nitrogen and oxygen atoms in total. The van der Waals surface area contributed by atoms with Crippen LogP contribution in [0.25, 0.3) is 0 Å². The van der Waals surface area contributed by atoms with E-state index >= 15 is 0 Å². The lowest BCUT2D eigenvalue weighted by Crippen LogP contribution is -2.12. The van der Waals surface area contributed by atoms with E-state index in [1.807, 2.05) is 20.8 Å². The lowest BCUT2D eigenvalue weighted by molar-refractivity contribution is 0.0730. The van der Waals surface area contributed by atoms with Crippen molar-refractivity contribution in [2.75, 3.05) is 14.2 Å². The second-order valence-corrected chi connectivity index (χ2v) is 9.00. The van der Waals surface area contributed by atoms with E-state index in [4.69, 9.17) is 23.7 Å². The van der Waals surface area contributed by atoms with Crippen LogP contribution in [0.15, 0.2) is 78.9 Å². The summed E-state index contributed by atoms with van der Waals surface area (Å²) in [5.74, 6) is -0.721. The van der Waals surface area contributed by atoms with Gasteiger partial charge in [0.2, 0.25) is 0 Å². The summed E-state index contributed by atoms with van der Waals surface area (Å²) >= 11 is 0. The van der Waals surface area contributed by atoms with Crippen LogP contribution in [0, 0.1) is 20.8 Å². The lowest BCUT2D eigenvalue weighted by atomic mass is 10.0. The Hall–Kier alpha value is -5.11. The number of aryl methyl sites for hydroxylation is 2. The fourth-order valence-corrected chi connectivity index (χ4v) is 3.83. The van der Waals surface area contributed by atoms with E-state index in [0.717, 1.165) is 16.7 Å². The molecule has 4 aromatic rings. The zero-order valence-corrected chi connectivity index (χ0v) is 22.8. The predicted molar refractivity (Wildman–Crippen MR) is 148 cm³/mol. The summed E-state index contributed by atoms with van der Waals surface area (Å²) < 4.78 is 26.9. The Morgan fingerprint density at radius 3 is 1.10 bits per heavy atom. The highest BCUT2D eigenvalue weighted by molar-refractivity contribution is 5.93. The van der Waals surface area contributed by atoms with Gasteiger partial charge in [0.1, 0.15) is 28.7 Å². The topological polar surface area (TPSA) is 97.4 Å². The fraction of sp³-hybridized carbons (Fsp3) is 0.156. The third kappa shape index (κ3) is 6.66. The molecule has 0 N–H and O–H groups in total. The molecule has 0 amide bonds. The van der Waals surface area contributed by atoms with Gasteiger partial charge in [-0.25, -0.2) is 14.4 Å². The fourth-order valence-electron chi connectivity index (χ4n) is 3.83. The minimum Gasteiger partial charge on any atom is -0.497 e. The molecule has 0 aliphatic rings. The molecule has 0 fully saturated rings. The SMILES string of the molecule is COc1ccc(C(=O)Oc2cc(OC(=O)c3ccc(OC)cc3)cc(OC(=O)c3cc(C)c(C)c(C)c3)c2)cc1. The minimum atomic E-state index is -0.664. The number of methoxy groups -OCH3 is 2. The van der Waals surface area contributed by atoms with Gasteiger partial charge >= 0.3 is 17.9 Å². The average Bonchev–Trinajstić information content (AvgIpc) is 2.95. The summed E-state index contributed by atoms with van der Waals surface area (Å²) in [6, 6.07) is 20.3. The molecule has 204 valence electrons. The van der Waals surface area contributed by atoms with Crippen molar-refractivity contribution in [2.45, 2.75) is 20.8 Å². The van der Waals surface area contributed by atoms with E-state index < -0.39 is 17.9 Å². The van der Waals surface area contributed by atoms with Gasteiger partial charge in [0.15, 0.2) is 0 Å². The molecule has 0 saturated carbocycles. The number of esters is 3. The largest absolute Gasteiger partial charge is 0.497 e. The van der Waals surface area contributed by atoms with Gasteiger partial charge in [0.25, 0.3) is 0 Å². The van der Waals surface area contributed by atoms with Gasteiger partial charge in [0, 0.05) is 18.2 Å². The molecule has 0 bridgehead atoms. The van der Waals surface area contributed by atoms with Crippen LogP contribution in [0.3, 0.4) is 0 Å². The van der Waals surface area contributed by atoms with Crippen LogP contribution in [0.5, 0.6) is 28.7 Å². The van der Waals surface area contributed by atoms with Crippen LogP contribution < -0.4 is 23.7 Å². The van der Waals surface area contributed by atoms with Crippen LogP contribution in [-0.2, 0) is 0 Å². The third-order valence-electron chi connectivity index (χ3n) is 6.30. The first kappa shape index (κ1) is 27.9. The second-order valence-electron chi connectivity index (χ2n) is 9.00. The quantitative estimate of drug-likeness (QED) is 0.190.